The van der Waals surface area contributed by atoms with E-state index in [1.54, 1.807) is 36.4 Å². The van der Waals surface area contributed by atoms with Gasteiger partial charge in [0.1, 0.15) is 11.5 Å². The molecule has 0 fully saturated rings. The monoisotopic (exact) mass is 386 g/mol. The molecule has 0 saturated carbocycles. The summed E-state index contributed by atoms with van der Waals surface area (Å²) in [6, 6.07) is 20.3. The Morgan fingerprint density at radius 3 is 2.28 bits per heavy atom. The third kappa shape index (κ3) is 3.43. The molecular formula is C24H19FN2O2. The SMILES string of the molecule is Cc1ccc(C2=C(Nc3cccc(F)c3)C(=O)N(c3ccccc3)C2=O)c(C)c1. The predicted octanol–water partition coefficient (Wildman–Crippen LogP) is 4.84. The van der Waals surface area contributed by atoms with Gasteiger partial charge in [0.05, 0.1) is 11.3 Å². The molecule has 0 atom stereocenters. The molecule has 0 bridgehead atoms. The molecule has 1 aliphatic heterocycles. The molecule has 4 rings (SSSR count). The first-order valence-corrected chi connectivity index (χ1v) is 9.24. The van der Waals surface area contributed by atoms with Crippen LogP contribution in [0, 0.1) is 19.7 Å². The quantitative estimate of drug-likeness (QED) is 0.653. The lowest BCUT2D eigenvalue weighted by atomic mass is 9.97. The largest absolute Gasteiger partial charge is 0.350 e. The van der Waals surface area contributed by atoms with Crippen molar-refractivity contribution in [2.75, 3.05) is 10.2 Å². The molecule has 29 heavy (non-hydrogen) atoms. The molecule has 3 aromatic rings. The van der Waals surface area contributed by atoms with Gasteiger partial charge in [-0.1, -0.05) is 48.0 Å². The summed E-state index contributed by atoms with van der Waals surface area (Å²) in [7, 11) is 0. The van der Waals surface area contributed by atoms with Crippen molar-refractivity contribution in [3.05, 3.63) is 101 Å². The molecule has 3 aromatic carbocycles. The Labute approximate surface area is 168 Å². The molecule has 0 saturated heterocycles. The second-order valence-electron chi connectivity index (χ2n) is 6.98. The van der Waals surface area contributed by atoms with Gasteiger partial charge in [-0.25, -0.2) is 9.29 Å². The molecular weight excluding hydrogens is 367 g/mol. The Balaban J connectivity index is 1.87. The number of halogens is 1. The molecule has 0 aliphatic carbocycles. The van der Waals surface area contributed by atoms with Crippen LogP contribution in [0.5, 0.6) is 0 Å². The van der Waals surface area contributed by atoms with Crippen LogP contribution in [0.15, 0.2) is 78.5 Å². The summed E-state index contributed by atoms with van der Waals surface area (Å²) in [5.74, 6) is -1.31. The number of hydrogen-bond donors (Lipinski definition) is 1. The Hall–Kier alpha value is -3.73. The summed E-state index contributed by atoms with van der Waals surface area (Å²) >= 11 is 0. The predicted molar refractivity (Wildman–Crippen MR) is 112 cm³/mol. The Morgan fingerprint density at radius 2 is 1.59 bits per heavy atom. The minimum absolute atomic E-state index is 0.136. The van der Waals surface area contributed by atoms with E-state index in [2.05, 4.69) is 5.32 Å². The third-order valence-electron chi connectivity index (χ3n) is 4.84. The van der Waals surface area contributed by atoms with E-state index in [1.807, 2.05) is 38.1 Å². The lowest BCUT2D eigenvalue weighted by molar-refractivity contribution is -0.120. The fourth-order valence-corrected chi connectivity index (χ4v) is 3.51. The van der Waals surface area contributed by atoms with E-state index in [9.17, 15) is 14.0 Å². The van der Waals surface area contributed by atoms with Crippen molar-refractivity contribution in [3.63, 3.8) is 0 Å². The number of carbonyl (C=O) groups excluding carboxylic acids is 2. The highest BCUT2D eigenvalue weighted by Gasteiger charge is 2.40. The number of hydrogen-bond acceptors (Lipinski definition) is 3. The molecule has 1 N–H and O–H groups in total. The summed E-state index contributed by atoms with van der Waals surface area (Å²) in [4.78, 5) is 27.8. The van der Waals surface area contributed by atoms with Crippen LogP contribution >= 0.6 is 0 Å². The first kappa shape index (κ1) is 18.6. The number of para-hydroxylation sites is 1. The third-order valence-corrected chi connectivity index (χ3v) is 4.84. The van der Waals surface area contributed by atoms with Crippen molar-refractivity contribution in [1.29, 1.82) is 0 Å². The molecule has 1 aliphatic rings. The van der Waals surface area contributed by atoms with E-state index in [1.165, 1.54) is 12.1 Å². The van der Waals surface area contributed by atoms with Gasteiger partial charge in [0.25, 0.3) is 11.8 Å². The number of anilines is 2. The van der Waals surface area contributed by atoms with E-state index >= 15 is 0 Å². The van der Waals surface area contributed by atoms with Crippen LogP contribution in [0.3, 0.4) is 0 Å². The van der Waals surface area contributed by atoms with Crippen LogP contribution in [0.25, 0.3) is 5.57 Å². The average molecular weight is 386 g/mol. The minimum Gasteiger partial charge on any atom is -0.350 e. The molecule has 144 valence electrons. The van der Waals surface area contributed by atoms with Crippen molar-refractivity contribution in [2.45, 2.75) is 13.8 Å². The highest BCUT2D eigenvalue weighted by Crippen LogP contribution is 2.35. The van der Waals surface area contributed by atoms with Crippen molar-refractivity contribution >= 4 is 28.8 Å². The molecule has 0 aromatic heterocycles. The fourth-order valence-electron chi connectivity index (χ4n) is 3.51. The molecule has 0 radical (unpaired) electrons. The Bertz CT molecular complexity index is 1150. The van der Waals surface area contributed by atoms with Crippen molar-refractivity contribution in [3.8, 4) is 0 Å². The number of imide groups is 1. The van der Waals surface area contributed by atoms with Gasteiger partial charge in [0.15, 0.2) is 0 Å². The number of nitrogens with zero attached hydrogens (tertiary/aromatic N) is 1. The van der Waals surface area contributed by atoms with Gasteiger partial charge in [0.2, 0.25) is 0 Å². The van der Waals surface area contributed by atoms with E-state index in [0.29, 0.717) is 16.9 Å². The summed E-state index contributed by atoms with van der Waals surface area (Å²) in [6.45, 7) is 3.87. The van der Waals surface area contributed by atoms with Crippen LogP contribution < -0.4 is 10.2 Å². The fraction of sp³-hybridized carbons (Fsp3) is 0.0833. The number of carbonyl (C=O) groups is 2. The molecule has 4 nitrogen and oxygen atoms in total. The minimum atomic E-state index is -0.472. The van der Waals surface area contributed by atoms with Gasteiger partial charge >= 0.3 is 0 Å². The normalized spacial score (nSPS) is 14.0. The van der Waals surface area contributed by atoms with Crippen LogP contribution in [0.1, 0.15) is 16.7 Å². The lowest BCUT2D eigenvalue weighted by Gasteiger charge is -2.15. The first-order chi connectivity index (χ1) is 14.0. The highest BCUT2D eigenvalue weighted by atomic mass is 19.1. The Morgan fingerprint density at radius 1 is 0.828 bits per heavy atom. The summed E-state index contributed by atoms with van der Waals surface area (Å²) in [5, 5.41) is 2.98. The highest BCUT2D eigenvalue weighted by molar-refractivity contribution is 6.46. The number of amides is 2. The van der Waals surface area contributed by atoms with E-state index < -0.39 is 17.6 Å². The van der Waals surface area contributed by atoms with Crippen LogP contribution in [-0.2, 0) is 9.59 Å². The van der Waals surface area contributed by atoms with Crippen molar-refractivity contribution in [1.82, 2.24) is 0 Å². The maximum absolute atomic E-state index is 13.7. The zero-order chi connectivity index (χ0) is 20.5. The van der Waals surface area contributed by atoms with Gasteiger partial charge in [0, 0.05) is 5.69 Å². The van der Waals surface area contributed by atoms with Crippen molar-refractivity contribution in [2.24, 2.45) is 0 Å². The smallest absolute Gasteiger partial charge is 0.282 e. The van der Waals surface area contributed by atoms with Gasteiger partial charge in [-0.05, 0) is 55.3 Å². The molecule has 0 spiro atoms. The number of aryl methyl sites for hydroxylation is 2. The zero-order valence-corrected chi connectivity index (χ0v) is 16.1. The maximum atomic E-state index is 13.7. The summed E-state index contributed by atoms with van der Waals surface area (Å²) in [6.07, 6.45) is 0. The van der Waals surface area contributed by atoms with Crippen LogP contribution in [0.4, 0.5) is 15.8 Å². The van der Waals surface area contributed by atoms with Gasteiger partial charge in [-0.15, -0.1) is 0 Å². The number of nitrogens with one attached hydrogen (secondary N) is 1. The second-order valence-corrected chi connectivity index (χ2v) is 6.98. The maximum Gasteiger partial charge on any atom is 0.282 e. The molecule has 5 heteroatoms. The van der Waals surface area contributed by atoms with E-state index in [0.717, 1.165) is 16.0 Å². The zero-order valence-electron chi connectivity index (χ0n) is 16.1. The molecule has 2 amide bonds. The summed E-state index contributed by atoms with van der Waals surface area (Å²) in [5.41, 5.74) is 3.92. The topological polar surface area (TPSA) is 49.4 Å². The molecule has 1 heterocycles. The average Bonchev–Trinajstić information content (AvgIpc) is 2.93. The van der Waals surface area contributed by atoms with E-state index in [-0.39, 0.29) is 11.3 Å². The van der Waals surface area contributed by atoms with E-state index in [4.69, 9.17) is 0 Å². The summed E-state index contributed by atoms with van der Waals surface area (Å²) < 4.78 is 13.7. The molecule has 0 unspecified atom stereocenters. The second kappa shape index (κ2) is 7.36. The van der Waals surface area contributed by atoms with Gasteiger partial charge in [-0.2, -0.15) is 0 Å². The lowest BCUT2D eigenvalue weighted by Crippen LogP contribution is -2.32. The van der Waals surface area contributed by atoms with Gasteiger partial charge < -0.3 is 5.32 Å². The number of benzene rings is 3. The van der Waals surface area contributed by atoms with Gasteiger partial charge in [-0.3, -0.25) is 9.59 Å². The van der Waals surface area contributed by atoms with Crippen LogP contribution in [0.2, 0.25) is 0 Å². The van der Waals surface area contributed by atoms with Crippen molar-refractivity contribution < 1.29 is 14.0 Å². The van der Waals surface area contributed by atoms with Crippen LogP contribution in [-0.4, -0.2) is 11.8 Å². The first-order valence-electron chi connectivity index (χ1n) is 9.24. The Kier molecular flexibility index (Phi) is 4.72. The standard InChI is InChI=1S/C24H19FN2O2/c1-15-11-12-20(16(2)13-15)21-22(26-18-8-6-7-17(25)14-18)24(29)27(23(21)28)19-9-4-3-5-10-19/h3-14,26H,1-2H3. The number of rotatable bonds is 4.